The summed E-state index contributed by atoms with van der Waals surface area (Å²) in [5, 5.41) is 0. The first-order chi connectivity index (χ1) is 7.92. The Balaban J connectivity index is 2.45. The predicted octanol–water partition coefficient (Wildman–Crippen LogP) is 2.36. The Morgan fingerprint density at radius 3 is 2.71 bits per heavy atom. The summed E-state index contributed by atoms with van der Waals surface area (Å²) in [6, 6.07) is 5.64. The molecule has 0 amide bonds. The second-order valence-electron chi connectivity index (χ2n) is 4.59. The molecule has 1 heterocycles. The van der Waals surface area contributed by atoms with E-state index in [0.29, 0.717) is 4.90 Å². The maximum Gasteiger partial charge on any atom is 0.178 e. The van der Waals surface area contributed by atoms with E-state index in [4.69, 9.17) is 0 Å². The minimum absolute atomic E-state index is 0.123. The first-order valence-corrected chi connectivity index (χ1v) is 8.15. The van der Waals surface area contributed by atoms with Gasteiger partial charge >= 0.3 is 0 Å². The molecule has 0 saturated carbocycles. The Morgan fingerprint density at radius 1 is 1.35 bits per heavy atom. The van der Waals surface area contributed by atoms with Gasteiger partial charge in [0.15, 0.2) is 9.84 Å². The summed E-state index contributed by atoms with van der Waals surface area (Å²) in [7, 11) is 0.930. The van der Waals surface area contributed by atoms with Crippen molar-refractivity contribution in [1.29, 1.82) is 0 Å². The molecule has 1 aliphatic heterocycles. The summed E-state index contributed by atoms with van der Waals surface area (Å²) in [5.41, 5.74) is 2.06. The van der Waals surface area contributed by atoms with Crippen molar-refractivity contribution in [2.45, 2.75) is 22.7 Å². The Bertz CT molecular complexity index is 525. The molecule has 1 aromatic carbocycles. The first-order valence-electron chi connectivity index (χ1n) is 5.58. The molecule has 0 saturated heterocycles. The van der Waals surface area contributed by atoms with E-state index in [1.54, 1.807) is 6.07 Å². The summed E-state index contributed by atoms with van der Waals surface area (Å²) in [4.78, 5) is 2.68. The van der Waals surface area contributed by atoms with Crippen LogP contribution in [-0.2, 0) is 16.3 Å². The highest BCUT2D eigenvalue weighted by molar-refractivity contribution is 9.09. The zero-order valence-corrected chi connectivity index (χ0v) is 12.4. The molecule has 0 bridgehead atoms. The molecule has 1 aromatic rings. The van der Waals surface area contributed by atoms with E-state index in [1.807, 2.05) is 31.1 Å². The number of halogens is 1. The molecule has 0 radical (unpaired) electrons. The van der Waals surface area contributed by atoms with Crippen molar-refractivity contribution in [2.24, 2.45) is 0 Å². The van der Waals surface area contributed by atoms with Crippen LogP contribution >= 0.6 is 15.9 Å². The van der Waals surface area contributed by atoms with Gasteiger partial charge in [-0.25, -0.2) is 8.42 Å². The summed E-state index contributed by atoms with van der Waals surface area (Å²) in [6.45, 7) is 0. The molecular weight excluding hydrogens is 302 g/mol. The number of alkyl halides is 1. The lowest BCUT2D eigenvalue weighted by molar-refractivity contribution is 0.397. The van der Waals surface area contributed by atoms with Crippen LogP contribution in [0.25, 0.3) is 0 Å². The molecule has 94 valence electrons. The number of benzene rings is 1. The first kappa shape index (κ1) is 13.1. The highest BCUT2D eigenvalue weighted by atomic mass is 79.9. The average Bonchev–Trinajstić information content (AvgIpc) is 2.27. The standard InChI is InChI=1S/C12H16BrNO2S/c1-14(2)12(13)10-5-6-11-9(8-10)4-3-7-17(11,15)16/h5-6,8,12H,3-4,7H2,1-2H3. The number of nitrogens with zero attached hydrogens (tertiary/aromatic N) is 1. The molecule has 17 heavy (non-hydrogen) atoms. The SMILES string of the molecule is CN(C)C(Br)c1ccc2c(c1)CCCS2(=O)=O. The number of sulfone groups is 1. The number of hydrogen-bond acceptors (Lipinski definition) is 3. The minimum atomic E-state index is -3.03. The van der Waals surface area contributed by atoms with E-state index in [-0.39, 0.29) is 10.7 Å². The molecule has 0 aliphatic carbocycles. The van der Waals surface area contributed by atoms with Crippen molar-refractivity contribution >= 4 is 25.8 Å². The number of hydrogen-bond donors (Lipinski definition) is 0. The fourth-order valence-electron chi connectivity index (χ4n) is 2.11. The molecular formula is C12H16BrNO2S. The van der Waals surface area contributed by atoms with Crippen molar-refractivity contribution in [3.8, 4) is 0 Å². The van der Waals surface area contributed by atoms with Gasteiger partial charge in [0.1, 0.15) is 0 Å². The third-order valence-corrected chi connectivity index (χ3v) is 6.25. The summed E-state index contributed by atoms with van der Waals surface area (Å²) in [5.74, 6) is 0.283. The van der Waals surface area contributed by atoms with Crippen LogP contribution in [0, 0.1) is 0 Å². The van der Waals surface area contributed by atoms with Gasteiger partial charge in [-0.1, -0.05) is 28.1 Å². The molecule has 0 N–H and O–H groups in total. The molecule has 0 aromatic heterocycles. The zero-order chi connectivity index (χ0) is 12.6. The fraction of sp³-hybridized carbons (Fsp3) is 0.500. The van der Waals surface area contributed by atoms with Gasteiger partial charge in [-0.15, -0.1) is 0 Å². The highest BCUT2D eigenvalue weighted by Crippen LogP contribution is 2.31. The van der Waals surface area contributed by atoms with Crippen LogP contribution in [0.15, 0.2) is 23.1 Å². The van der Waals surface area contributed by atoms with Gasteiger partial charge in [-0.2, -0.15) is 0 Å². The van der Waals surface area contributed by atoms with Crippen molar-refractivity contribution in [3.05, 3.63) is 29.3 Å². The summed E-state index contributed by atoms with van der Waals surface area (Å²) < 4.78 is 23.7. The molecule has 1 aliphatic rings. The number of rotatable bonds is 2. The topological polar surface area (TPSA) is 37.4 Å². The maximum absolute atomic E-state index is 11.9. The number of fused-ring (bicyclic) bond motifs is 1. The third kappa shape index (κ3) is 2.56. The Morgan fingerprint density at radius 2 is 2.06 bits per heavy atom. The van der Waals surface area contributed by atoms with Crippen molar-refractivity contribution in [3.63, 3.8) is 0 Å². The second-order valence-corrected chi connectivity index (χ2v) is 7.53. The van der Waals surface area contributed by atoms with E-state index in [2.05, 4.69) is 15.9 Å². The van der Waals surface area contributed by atoms with Crippen LogP contribution in [0.5, 0.6) is 0 Å². The Labute approximate surface area is 111 Å². The van der Waals surface area contributed by atoms with E-state index in [1.165, 1.54) is 0 Å². The fourth-order valence-corrected chi connectivity index (χ4v) is 3.97. The minimum Gasteiger partial charge on any atom is -0.293 e. The molecule has 0 spiro atoms. The molecule has 5 heteroatoms. The van der Waals surface area contributed by atoms with E-state index in [0.717, 1.165) is 24.0 Å². The largest absolute Gasteiger partial charge is 0.293 e. The van der Waals surface area contributed by atoms with Gasteiger partial charge in [0.2, 0.25) is 0 Å². The lowest BCUT2D eigenvalue weighted by Gasteiger charge is -2.22. The molecule has 1 atom stereocenters. The molecule has 2 rings (SSSR count). The quantitative estimate of drug-likeness (QED) is 0.620. The molecule has 0 fully saturated rings. The van der Waals surface area contributed by atoms with Crippen LogP contribution in [0.4, 0.5) is 0 Å². The van der Waals surface area contributed by atoms with Gasteiger partial charge in [-0.05, 0) is 44.1 Å². The van der Waals surface area contributed by atoms with Crippen LogP contribution in [0.1, 0.15) is 22.5 Å². The van der Waals surface area contributed by atoms with Gasteiger partial charge in [0, 0.05) is 0 Å². The summed E-state index contributed by atoms with van der Waals surface area (Å²) in [6.07, 6.45) is 1.59. The van der Waals surface area contributed by atoms with Crippen LogP contribution in [0.2, 0.25) is 0 Å². The average molecular weight is 318 g/mol. The van der Waals surface area contributed by atoms with Gasteiger partial charge in [-0.3, -0.25) is 4.90 Å². The number of aryl methyl sites for hydroxylation is 1. The monoisotopic (exact) mass is 317 g/mol. The summed E-state index contributed by atoms with van der Waals surface area (Å²) >= 11 is 3.58. The zero-order valence-electron chi connectivity index (χ0n) is 9.98. The Hall–Kier alpha value is -0.390. The van der Waals surface area contributed by atoms with E-state index in [9.17, 15) is 8.42 Å². The predicted molar refractivity (Wildman–Crippen MR) is 72.2 cm³/mol. The third-order valence-electron chi connectivity index (χ3n) is 3.01. The van der Waals surface area contributed by atoms with Crippen LogP contribution < -0.4 is 0 Å². The normalized spacial score (nSPS) is 20.0. The van der Waals surface area contributed by atoms with Gasteiger partial charge in [0.05, 0.1) is 15.6 Å². The van der Waals surface area contributed by atoms with Crippen LogP contribution in [0.3, 0.4) is 0 Å². The van der Waals surface area contributed by atoms with Gasteiger partial charge < -0.3 is 0 Å². The van der Waals surface area contributed by atoms with E-state index >= 15 is 0 Å². The maximum atomic E-state index is 11.9. The van der Waals surface area contributed by atoms with Crippen LogP contribution in [-0.4, -0.2) is 33.2 Å². The second kappa shape index (κ2) is 4.71. The molecule has 1 unspecified atom stereocenters. The van der Waals surface area contributed by atoms with Gasteiger partial charge in [0.25, 0.3) is 0 Å². The van der Waals surface area contributed by atoms with Crippen molar-refractivity contribution < 1.29 is 8.42 Å². The van der Waals surface area contributed by atoms with E-state index < -0.39 is 9.84 Å². The smallest absolute Gasteiger partial charge is 0.178 e. The lowest BCUT2D eigenvalue weighted by atomic mass is 10.1. The van der Waals surface area contributed by atoms with Crippen molar-refractivity contribution in [1.82, 2.24) is 4.90 Å². The highest BCUT2D eigenvalue weighted by Gasteiger charge is 2.24. The lowest BCUT2D eigenvalue weighted by Crippen LogP contribution is -2.18. The Kier molecular flexibility index (Phi) is 3.61. The van der Waals surface area contributed by atoms with Crippen molar-refractivity contribution in [2.75, 3.05) is 19.8 Å². The molecule has 3 nitrogen and oxygen atoms in total.